The van der Waals surface area contributed by atoms with Gasteiger partial charge in [-0.2, -0.15) is 15.3 Å². The fourth-order valence-electron chi connectivity index (χ4n) is 1.76. The number of aryl methyl sites for hydroxylation is 3. The van der Waals surface area contributed by atoms with Gasteiger partial charge in [-0.05, 0) is 20.8 Å². The van der Waals surface area contributed by atoms with Crippen LogP contribution in [0, 0.1) is 41.3 Å². The Labute approximate surface area is 230 Å². The van der Waals surface area contributed by atoms with E-state index in [9.17, 15) is 9.59 Å². The second kappa shape index (κ2) is 19.3. The van der Waals surface area contributed by atoms with Gasteiger partial charge in [0.1, 0.15) is 5.82 Å². The molecule has 2 amide bonds. The molecule has 0 aliphatic heterocycles. The molecule has 0 saturated carbocycles. The van der Waals surface area contributed by atoms with E-state index in [1.54, 1.807) is 18.2 Å². The molecular formula is C16H25Cl2CuN9O10. The van der Waals surface area contributed by atoms with Crippen LogP contribution in [0.4, 0.5) is 17.5 Å². The zero-order valence-corrected chi connectivity index (χ0v) is 22.7. The molecule has 38 heavy (non-hydrogen) atoms. The van der Waals surface area contributed by atoms with Crippen molar-refractivity contribution in [3.8, 4) is 0 Å². The number of hydrogen-bond donors (Lipinski definition) is 6. The van der Waals surface area contributed by atoms with Gasteiger partial charge in [-0.3, -0.25) is 24.9 Å². The van der Waals surface area contributed by atoms with Crippen molar-refractivity contribution in [1.29, 1.82) is 0 Å². The number of amides is 2. The monoisotopic (exact) mass is 636 g/mol. The molecule has 7 N–H and O–H groups in total. The molecule has 19 nitrogen and oxygen atoms in total. The molecule has 3 aromatic rings. The first-order chi connectivity index (χ1) is 16.7. The number of aromatic nitrogens is 6. The summed E-state index contributed by atoms with van der Waals surface area (Å²) in [7, 11) is -9.89. The number of nitrogens with zero attached hydrogens (tertiary/aromatic N) is 3. The Hall–Kier alpha value is -2.85. The number of rotatable bonds is 2. The van der Waals surface area contributed by atoms with E-state index in [1.165, 1.54) is 13.8 Å². The van der Waals surface area contributed by atoms with Crippen LogP contribution in [-0.2, 0) is 26.7 Å². The van der Waals surface area contributed by atoms with Crippen LogP contribution in [0.3, 0.4) is 0 Å². The number of hydrogen-bond acceptors (Lipinski definition) is 14. The fraction of sp³-hybridized carbons (Fsp3) is 0.312. The van der Waals surface area contributed by atoms with E-state index >= 15 is 0 Å². The van der Waals surface area contributed by atoms with Crippen molar-refractivity contribution in [3.05, 3.63) is 35.3 Å². The fourth-order valence-corrected chi connectivity index (χ4v) is 1.76. The second-order valence-corrected chi connectivity index (χ2v) is 7.98. The molecule has 3 heterocycles. The maximum Gasteiger partial charge on any atom is 2.00 e. The van der Waals surface area contributed by atoms with E-state index in [2.05, 4.69) is 41.2 Å². The van der Waals surface area contributed by atoms with Crippen LogP contribution in [0.15, 0.2) is 18.2 Å². The Kier molecular flexibility index (Phi) is 20.1. The van der Waals surface area contributed by atoms with Crippen LogP contribution < -0.4 is 53.6 Å². The van der Waals surface area contributed by atoms with Gasteiger partial charge >= 0.3 is 17.1 Å². The molecule has 0 fully saturated rings. The van der Waals surface area contributed by atoms with Gasteiger partial charge in [0.05, 0.1) is 0 Å². The standard InChI is InChI=1S/2C6H9N3O.C4H7N3.2ClHO4.Cu/c2*1-4-3-6(9-8-4)7-5(2)10;1-3-2-4(5)7-6-3;2*2-1(3,4)5;/h2*3H,1-2H3,(H2,7,8,9,10);2H,1H3,(H3,5,6,7);2*(H,2,3,4,5);/q;;;;;+2/p-2. The number of carbonyl (C=O) groups excluding carboxylic acids is 2. The quantitative estimate of drug-likeness (QED) is 0.142. The Morgan fingerprint density at radius 3 is 1.08 bits per heavy atom. The van der Waals surface area contributed by atoms with Crippen LogP contribution >= 0.6 is 0 Å². The van der Waals surface area contributed by atoms with Gasteiger partial charge in [0.25, 0.3) is 0 Å². The number of carbonyl (C=O) groups is 2. The number of H-pyrrole nitrogens is 3. The summed E-state index contributed by atoms with van der Waals surface area (Å²) in [4.78, 5) is 20.9. The molecule has 219 valence electrons. The molecule has 0 aliphatic carbocycles. The summed E-state index contributed by atoms with van der Waals surface area (Å²) in [6, 6.07) is 5.31. The number of anilines is 3. The average Bonchev–Trinajstić information content (AvgIpc) is 3.35. The first-order valence-corrected chi connectivity index (χ1v) is 11.7. The third-order valence-electron chi connectivity index (χ3n) is 2.75. The number of nitrogens with one attached hydrogen (secondary N) is 5. The Bertz CT molecular complexity index is 974. The van der Waals surface area contributed by atoms with Gasteiger partial charge < -0.3 is 16.4 Å². The van der Waals surface area contributed by atoms with Crippen molar-refractivity contribution in [2.45, 2.75) is 34.6 Å². The molecule has 0 atom stereocenters. The molecule has 0 unspecified atom stereocenters. The van der Waals surface area contributed by atoms with Gasteiger partial charge in [-0.15, -0.1) is 20.5 Å². The normalized spacial score (nSPS) is 9.82. The van der Waals surface area contributed by atoms with Crippen molar-refractivity contribution in [2.24, 2.45) is 0 Å². The van der Waals surface area contributed by atoms with Crippen molar-refractivity contribution in [3.63, 3.8) is 0 Å². The Balaban J connectivity index is -0.000000414. The summed E-state index contributed by atoms with van der Waals surface area (Å²) in [5.41, 5.74) is 8.10. The van der Waals surface area contributed by atoms with E-state index in [0.29, 0.717) is 17.5 Å². The minimum absolute atomic E-state index is 0. The average molecular weight is 638 g/mol. The van der Waals surface area contributed by atoms with E-state index in [1.807, 2.05) is 20.8 Å². The van der Waals surface area contributed by atoms with Crippen molar-refractivity contribution < 1.29 is 84.4 Å². The molecule has 0 spiro atoms. The zero-order valence-electron chi connectivity index (χ0n) is 20.3. The van der Waals surface area contributed by atoms with Crippen molar-refractivity contribution >= 4 is 29.3 Å². The molecule has 22 heteroatoms. The van der Waals surface area contributed by atoms with E-state index in [4.69, 9.17) is 43.0 Å². The Morgan fingerprint density at radius 2 is 0.947 bits per heavy atom. The van der Waals surface area contributed by atoms with Crippen molar-refractivity contribution in [1.82, 2.24) is 30.6 Å². The van der Waals surface area contributed by atoms with Gasteiger partial charge in [-0.1, -0.05) is 0 Å². The van der Waals surface area contributed by atoms with E-state index < -0.39 is 20.5 Å². The SMILES string of the molecule is CC(=O)Nc1cc(C)[nH]n1.CC(=O)Nc1cc(C)[nH]n1.Cc1cc(N)n[nH]1.[Cu+2].[O-][Cl+3]([O-])([O-])[O-].[O-][Cl+3]([O-])([O-])[O-]. The maximum atomic E-state index is 10.5. The van der Waals surface area contributed by atoms with Gasteiger partial charge in [0.2, 0.25) is 11.8 Å². The molecule has 3 aromatic heterocycles. The molecule has 3 rings (SSSR count). The second-order valence-electron chi connectivity index (χ2n) is 6.47. The zero-order chi connectivity index (χ0) is 29.4. The summed E-state index contributed by atoms with van der Waals surface area (Å²) in [6.45, 7) is 8.55. The van der Waals surface area contributed by atoms with Crippen LogP contribution in [0.25, 0.3) is 0 Å². The van der Waals surface area contributed by atoms with Crippen LogP contribution in [-0.4, -0.2) is 42.4 Å². The van der Waals surface area contributed by atoms with Crippen LogP contribution in [0.5, 0.6) is 0 Å². The summed E-state index contributed by atoms with van der Waals surface area (Å²) in [5, 5.41) is 24.5. The molecule has 0 saturated heterocycles. The van der Waals surface area contributed by atoms with Crippen LogP contribution in [0.1, 0.15) is 30.9 Å². The summed E-state index contributed by atoms with van der Waals surface area (Å²) in [6.07, 6.45) is 0. The molecule has 0 aromatic carbocycles. The van der Waals surface area contributed by atoms with Gasteiger partial charge in [0, 0.05) is 49.1 Å². The first-order valence-electron chi connectivity index (χ1n) is 9.26. The van der Waals surface area contributed by atoms with E-state index in [-0.39, 0.29) is 28.9 Å². The summed E-state index contributed by atoms with van der Waals surface area (Å²) < 4.78 is 67.9. The molecular weight excluding hydrogens is 613 g/mol. The third kappa shape index (κ3) is 33.1. The Morgan fingerprint density at radius 1 is 0.684 bits per heavy atom. The topological polar surface area (TPSA) is 355 Å². The number of aromatic amines is 3. The predicted molar refractivity (Wildman–Crippen MR) is 103 cm³/mol. The summed E-state index contributed by atoms with van der Waals surface area (Å²) in [5.74, 6) is 1.49. The minimum atomic E-state index is -4.94. The minimum Gasteiger partial charge on any atom is -0.382 e. The third-order valence-corrected chi connectivity index (χ3v) is 2.75. The number of halogens is 2. The number of nitrogen functional groups attached to an aromatic ring is 1. The first kappa shape index (κ1) is 39.7. The smallest absolute Gasteiger partial charge is 0.382 e. The molecule has 0 bridgehead atoms. The maximum absolute atomic E-state index is 10.5. The largest absolute Gasteiger partial charge is 2.00 e. The predicted octanol–water partition coefficient (Wildman–Crippen LogP) is -7.86. The van der Waals surface area contributed by atoms with Gasteiger partial charge in [-0.25, -0.2) is 37.3 Å². The molecule has 0 aliphatic rings. The number of nitrogens with two attached hydrogens (primary N) is 1. The van der Waals surface area contributed by atoms with E-state index in [0.717, 1.165) is 17.1 Å². The van der Waals surface area contributed by atoms with Crippen LogP contribution in [0.2, 0.25) is 0 Å². The molecule has 1 radical (unpaired) electrons. The summed E-state index contributed by atoms with van der Waals surface area (Å²) >= 11 is 0. The van der Waals surface area contributed by atoms with Crippen molar-refractivity contribution in [2.75, 3.05) is 16.4 Å². The van der Waals surface area contributed by atoms with Gasteiger partial charge in [0.15, 0.2) is 11.6 Å².